The maximum atomic E-state index is 12.8. The molecule has 1 aliphatic rings. The van der Waals surface area contributed by atoms with Gasteiger partial charge in [-0.3, -0.25) is 4.79 Å². The third-order valence-corrected chi connectivity index (χ3v) is 4.95. The number of rotatable bonds is 4. The van der Waals surface area contributed by atoms with Gasteiger partial charge in [0.25, 0.3) is 5.91 Å². The highest BCUT2D eigenvalue weighted by Crippen LogP contribution is 2.35. The van der Waals surface area contributed by atoms with E-state index in [1.807, 2.05) is 30.3 Å². The van der Waals surface area contributed by atoms with E-state index in [1.54, 1.807) is 27.2 Å². The number of hydrogen-bond acceptors (Lipinski definition) is 7. The van der Waals surface area contributed by atoms with Crippen LogP contribution in [0.3, 0.4) is 0 Å². The average molecular weight is 391 g/mol. The van der Waals surface area contributed by atoms with Gasteiger partial charge in [0.1, 0.15) is 5.75 Å². The van der Waals surface area contributed by atoms with Crippen LogP contribution in [0.5, 0.6) is 11.6 Å². The fourth-order valence-electron chi connectivity index (χ4n) is 3.63. The molecule has 148 valence electrons. The first-order valence-electron chi connectivity index (χ1n) is 9.13. The first-order valence-corrected chi connectivity index (χ1v) is 9.13. The van der Waals surface area contributed by atoms with Crippen molar-refractivity contribution in [3.63, 3.8) is 0 Å². The van der Waals surface area contributed by atoms with Crippen LogP contribution in [0, 0.1) is 6.92 Å². The van der Waals surface area contributed by atoms with Gasteiger partial charge in [0.2, 0.25) is 11.8 Å². The maximum Gasteiger partial charge on any atom is 0.255 e. The summed E-state index contributed by atoms with van der Waals surface area (Å²) >= 11 is 0. The summed E-state index contributed by atoms with van der Waals surface area (Å²) in [4.78, 5) is 25.8. The predicted molar refractivity (Wildman–Crippen MR) is 108 cm³/mol. The number of nitrogens with zero attached hydrogens (tertiary/aromatic N) is 3. The maximum absolute atomic E-state index is 12.8. The summed E-state index contributed by atoms with van der Waals surface area (Å²) in [7, 11) is 3.18. The second kappa shape index (κ2) is 7.38. The fourth-order valence-corrected chi connectivity index (χ4v) is 3.63. The Morgan fingerprint density at radius 3 is 2.69 bits per heavy atom. The lowest BCUT2D eigenvalue weighted by Gasteiger charge is -2.28. The van der Waals surface area contributed by atoms with E-state index in [0.717, 1.165) is 16.8 Å². The van der Waals surface area contributed by atoms with Crippen molar-refractivity contribution in [1.82, 2.24) is 20.3 Å². The monoisotopic (exact) mass is 391 g/mol. The summed E-state index contributed by atoms with van der Waals surface area (Å²) in [5.41, 5.74) is 9.99. The quantitative estimate of drug-likeness (QED) is 0.702. The normalized spacial score (nSPS) is 15.4. The van der Waals surface area contributed by atoms with Crippen LogP contribution in [-0.2, 0) is 6.42 Å². The number of nitrogens with one attached hydrogen (secondary N) is 1. The third kappa shape index (κ3) is 3.44. The lowest BCUT2D eigenvalue weighted by molar-refractivity contribution is 0.0922. The van der Waals surface area contributed by atoms with Crippen molar-refractivity contribution in [2.24, 2.45) is 0 Å². The second-order valence-corrected chi connectivity index (χ2v) is 6.74. The highest BCUT2D eigenvalue weighted by atomic mass is 16.5. The molecule has 8 heteroatoms. The number of amides is 1. The number of carbonyl (C=O) groups is 1. The van der Waals surface area contributed by atoms with Crippen molar-refractivity contribution in [1.29, 1.82) is 0 Å². The molecule has 0 saturated heterocycles. The van der Waals surface area contributed by atoms with Crippen molar-refractivity contribution in [3.8, 4) is 22.9 Å². The number of benzene rings is 1. The summed E-state index contributed by atoms with van der Waals surface area (Å²) < 4.78 is 10.7. The van der Waals surface area contributed by atoms with E-state index in [9.17, 15) is 4.79 Å². The van der Waals surface area contributed by atoms with Crippen LogP contribution >= 0.6 is 0 Å². The third-order valence-electron chi connectivity index (χ3n) is 4.95. The largest absolute Gasteiger partial charge is 0.497 e. The van der Waals surface area contributed by atoms with E-state index in [2.05, 4.69) is 20.3 Å². The van der Waals surface area contributed by atoms with Crippen molar-refractivity contribution < 1.29 is 14.3 Å². The van der Waals surface area contributed by atoms with E-state index in [0.29, 0.717) is 35.0 Å². The molecule has 8 nitrogen and oxygen atoms in total. The molecule has 0 radical (unpaired) electrons. The summed E-state index contributed by atoms with van der Waals surface area (Å²) in [6.45, 7) is 1.76. The Labute approximate surface area is 168 Å². The zero-order valence-corrected chi connectivity index (χ0v) is 16.4. The molecule has 3 heterocycles. The standard InChI is InChI=1S/C21H21N5O3/c1-11-19-17(26-21(22)23-11)10-16(25-20(19)27)14-9-12(28-2)7-8-13(14)15-5-4-6-18(24-15)29-3/h4-9,16H,10H2,1-3H3,(H,25,27)(H2,22,23,26). The van der Waals surface area contributed by atoms with Gasteiger partial charge in [0, 0.05) is 18.1 Å². The van der Waals surface area contributed by atoms with E-state index < -0.39 is 0 Å². The van der Waals surface area contributed by atoms with Gasteiger partial charge in [0.15, 0.2) is 0 Å². The topological polar surface area (TPSA) is 112 Å². The number of carbonyl (C=O) groups excluding carboxylic acids is 1. The number of aromatic nitrogens is 3. The first kappa shape index (κ1) is 18.7. The van der Waals surface area contributed by atoms with Crippen LogP contribution in [0.15, 0.2) is 36.4 Å². The minimum absolute atomic E-state index is 0.162. The fraction of sp³-hybridized carbons (Fsp3) is 0.238. The molecule has 4 rings (SSSR count). The molecule has 1 atom stereocenters. The molecular formula is C21H21N5O3. The van der Waals surface area contributed by atoms with E-state index in [4.69, 9.17) is 15.2 Å². The van der Waals surface area contributed by atoms with E-state index in [-0.39, 0.29) is 17.9 Å². The molecule has 2 aromatic heterocycles. The van der Waals surface area contributed by atoms with Crippen molar-refractivity contribution in [2.45, 2.75) is 19.4 Å². The molecule has 0 aliphatic carbocycles. The minimum atomic E-state index is -0.318. The zero-order chi connectivity index (χ0) is 20.5. The molecule has 1 unspecified atom stereocenters. The number of nitrogen functional groups attached to an aromatic ring is 1. The molecule has 1 aromatic carbocycles. The summed E-state index contributed by atoms with van der Waals surface area (Å²) in [6.07, 6.45) is 0.485. The van der Waals surface area contributed by atoms with Crippen LogP contribution in [0.25, 0.3) is 11.3 Å². The van der Waals surface area contributed by atoms with Gasteiger partial charge in [-0.05, 0) is 36.8 Å². The van der Waals surface area contributed by atoms with Gasteiger partial charge < -0.3 is 20.5 Å². The first-order chi connectivity index (χ1) is 14.0. The number of aryl methyl sites for hydroxylation is 1. The Balaban J connectivity index is 1.82. The van der Waals surface area contributed by atoms with Gasteiger partial charge in [-0.25, -0.2) is 15.0 Å². The molecule has 0 fully saturated rings. The van der Waals surface area contributed by atoms with Crippen molar-refractivity contribution in [3.05, 3.63) is 58.9 Å². The summed E-state index contributed by atoms with van der Waals surface area (Å²) in [6, 6.07) is 10.9. The molecule has 0 saturated carbocycles. The average Bonchev–Trinajstić information content (AvgIpc) is 2.72. The molecular weight excluding hydrogens is 370 g/mol. The number of ether oxygens (including phenoxy) is 2. The van der Waals surface area contributed by atoms with Crippen LogP contribution < -0.4 is 20.5 Å². The number of nitrogens with two attached hydrogens (primary N) is 1. The van der Waals surface area contributed by atoms with Crippen LogP contribution in [0.1, 0.15) is 33.4 Å². The predicted octanol–water partition coefficient (Wildman–Crippen LogP) is 2.47. The Bertz CT molecular complexity index is 1100. The summed E-state index contributed by atoms with van der Waals surface area (Å²) in [5.74, 6) is 1.14. The van der Waals surface area contributed by atoms with Gasteiger partial charge in [-0.15, -0.1) is 0 Å². The number of hydrogen-bond donors (Lipinski definition) is 2. The van der Waals surface area contributed by atoms with Crippen molar-refractivity contribution in [2.75, 3.05) is 20.0 Å². The minimum Gasteiger partial charge on any atom is -0.497 e. The zero-order valence-electron chi connectivity index (χ0n) is 16.4. The summed E-state index contributed by atoms with van der Waals surface area (Å²) in [5, 5.41) is 3.06. The van der Waals surface area contributed by atoms with E-state index in [1.165, 1.54) is 0 Å². The van der Waals surface area contributed by atoms with Crippen molar-refractivity contribution >= 4 is 11.9 Å². The van der Waals surface area contributed by atoms with Gasteiger partial charge in [0.05, 0.1) is 42.9 Å². The number of anilines is 1. The van der Waals surface area contributed by atoms with Crippen LogP contribution in [0.2, 0.25) is 0 Å². The molecule has 1 amide bonds. The van der Waals surface area contributed by atoms with Crippen LogP contribution in [-0.4, -0.2) is 35.1 Å². The molecule has 0 spiro atoms. The molecule has 3 aromatic rings. The number of methoxy groups -OCH3 is 2. The Kier molecular flexibility index (Phi) is 4.75. The van der Waals surface area contributed by atoms with Gasteiger partial charge >= 0.3 is 0 Å². The van der Waals surface area contributed by atoms with E-state index >= 15 is 0 Å². The second-order valence-electron chi connectivity index (χ2n) is 6.74. The lowest BCUT2D eigenvalue weighted by Crippen LogP contribution is -2.37. The molecule has 3 N–H and O–H groups in total. The lowest BCUT2D eigenvalue weighted by atomic mass is 9.90. The highest BCUT2D eigenvalue weighted by Gasteiger charge is 2.30. The number of pyridine rings is 1. The molecule has 0 bridgehead atoms. The Hall–Kier alpha value is -3.68. The highest BCUT2D eigenvalue weighted by molar-refractivity contribution is 5.98. The molecule has 1 aliphatic heterocycles. The van der Waals surface area contributed by atoms with Gasteiger partial charge in [-0.2, -0.15) is 0 Å². The number of fused-ring (bicyclic) bond motifs is 1. The smallest absolute Gasteiger partial charge is 0.255 e. The Morgan fingerprint density at radius 1 is 1.10 bits per heavy atom. The van der Waals surface area contributed by atoms with Crippen LogP contribution in [0.4, 0.5) is 5.95 Å². The van der Waals surface area contributed by atoms with Gasteiger partial charge in [-0.1, -0.05) is 6.07 Å². The SMILES string of the molecule is COc1ccc(-c2cccc(OC)n2)c(C2Cc3nc(N)nc(C)c3C(=O)N2)c1. The molecule has 29 heavy (non-hydrogen) atoms. The Morgan fingerprint density at radius 2 is 1.93 bits per heavy atom.